The number of likely N-dealkylation sites (tertiary alicyclic amines) is 1. The Labute approximate surface area is 230 Å². The molecule has 0 unspecified atom stereocenters. The molecule has 0 bridgehead atoms. The van der Waals surface area contributed by atoms with Gasteiger partial charge in [-0.05, 0) is 30.9 Å². The number of aromatic nitrogens is 7. The van der Waals surface area contributed by atoms with Crippen LogP contribution in [0.1, 0.15) is 40.2 Å². The van der Waals surface area contributed by atoms with Gasteiger partial charge in [-0.3, -0.25) is 14.3 Å². The molecule has 0 spiro atoms. The van der Waals surface area contributed by atoms with Gasteiger partial charge in [-0.1, -0.05) is 35.9 Å². The first kappa shape index (κ1) is 25.2. The molecule has 6 rings (SSSR count). The van der Waals surface area contributed by atoms with E-state index in [1.54, 1.807) is 22.8 Å². The van der Waals surface area contributed by atoms with Crippen molar-refractivity contribution in [3.05, 3.63) is 89.5 Å². The van der Waals surface area contributed by atoms with Gasteiger partial charge < -0.3 is 14.6 Å². The van der Waals surface area contributed by atoms with Gasteiger partial charge in [-0.2, -0.15) is 10.2 Å². The third-order valence-electron chi connectivity index (χ3n) is 7.20. The second kappa shape index (κ2) is 10.3. The normalized spacial score (nSPS) is 13.6. The van der Waals surface area contributed by atoms with Crippen LogP contribution in [0.5, 0.6) is 5.75 Å². The lowest BCUT2D eigenvalue weighted by Gasteiger charge is -2.29. The summed E-state index contributed by atoms with van der Waals surface area (Å²) in [5.41, 5.74) is 5.30. The van der Waals surface area contributed by atoms with Crippen LogP contribution in [0, 0.1) is 6.92 Å². The van der Waals surface area contributed by atoms with Crippen LogP contribution in [-0.4, -0.2) is 71.3 Å². The molecule has 5 aromatic rings. The zero-order valence-corrected chi connectivity index (χ0v) is 22.5. The smallest absolute Gasteiger partial charge is 0.295 e. The number of piperidine rings is 1. The maximum absolute atomic E-state index is 13.6. The van der Waals surface area contributed by atoms with Crippen molar-refractivity contribution in [3.63, 3.8) is 0 Å². The molecule has 1 N–H and O–H groups in total. The molecule has 0 saturated carbocycles. The molecule has 1 amide bonds. The number of aromatic amines is 1. The Morgan fingerprint density at radius 2 is 1.80 bits per heavy atom. The molecule has 0 atom stereocenters. The summed E-state index contributed by atoms with van der Waals surface area (Å²) in [7, 11) is 3.40. The number of hydrogen-bond acceptors (Lipinski definition) is 7. The highest BCUT2D eigenvalue weighted by Crippen LogP contribution is 2.34. The Hall–Kier alpha value is -5.06. The zero-order chi connectivity index (χ0) is 27.8. The largest absolute Gasteiger partial charge is 0.494 e. The predicted octanol–water partition coefficient (Wildman–Crippen LogP) is 3.50. The molecule has 1 fully saturated rings. The number of rotatable bonds is 6. The standard InChI is InChI=1S/C29H28N8O3/c1-18-32-17-37(34-18)28-26-25(23(40-3)15-31-28)22(14-30-26)27(38)29(39)36-11-9-20(10-12-36)24(19-7-5-4-6-8-19)21-13-33-35(2)16-21/h4-8,13-17,30H,9-12H2,1-3H3. The number of nitrogens with zero attached hydrogens (tertiary/aromatic N) is 7. The number of H-pyrrole nitrogens is 1. The van der Waals surface area contributed by atoms with Gasteiger partial charge in [0, 0.05) is 38.1 Å². The van der Waals surface area contributed by atoms with Crippen molar-refractivity contribution in [1.82, 2.24) is 39.4 Å². The maximum Gasteiger partial charge on any atom is 0.295 e. The molecule has 4 aromatic heterocycles. The van der Waals surface area contributed by atoms with Crippen LogP contribution in [0.4, 0.5) is 0 Å². The Morgan fingerprint density at radius 1 is 1.02 bits per heavy atom. The van der Waals surface area contributed by atoms with E-state index in [0.29, 0.717) is 54.2 Å². The third-order valence-corrected chi connectivity index (χ3v) is 7.20. The van der Waals surface area contributed by atoms with Crippen molar-refractivity contribution in [2.24, 2.45) is 7.05 Å². The minimum absolute atomic E-state index is 0.235. The van der Waals surface area contributed by atoms with Gasteiger partial charge in [-0.15, -0.1) is 0 Å². The number of ketones is 1. The Kier molecular flexibility index (Phi) is 6.47. The number of ether oxygens (including phenoxy) is 1. The second-order valence-electron chi connectivity index (χ2n) is 9.71. The third kappa shape index (κ3) is 4.45. The number of Topliss-reactive ketones (excluding diaryl/α,β-unsaturated/α-hetero) is 1. The van der Waals surface area contributed by atoms with E-state index < -0.39 is 11.7 Å². The molecular weight excluding hydrogens is 508 g/mol. The summed E-state index contributed by atoms with van der Waals surface area (Å²) in [6, 6.07) is 10.2. The Bertz CT molecular complexity index is 1750. The topological polar surface area (TPSA) is 124 Å². The molecule has 202 valence electrons. The summed E-state index contributed by atoms with van der Waals surface area (Å²) in [6.45, 7) is 2.67. The van der Waals surface area contributed by atoms with Crippen LogP contribution in [0.25, 0.3) is 22.3 Å². The van der Waals surface area contributed by atoms with Gasteiger partial charge in [0.1, 0.15) is 17.9 Å². The summed E-state index contributed by atoms with van der Waals surface area (Å²) in [6.07, 6.45) is 9.79. The summed E-state index contributed by atoms with van der Waals surface area (Å²) >= 11 is 0. The lowest BCUT2D eigenvalue weighted by Crippen LogP contribution is -2.40. The SMILES string of the molecule is COc1cnc(-n2cnc(C)n2)c2[nH]cc(C(=O)C(=O)N3CCC(=C(c4ccccc4)c4cnn(C)c4)CC3)c12. The number of carbonyl (C=O) groups excluding carboxylic acids is 2. The first-order chi connectivity index (χ1) is 19.4. The van der Waals surface area contributed by atoms with Crippen molar-refractivity contribution in [1.29, 1.82) is 0 Å². The molecule has 1 saturated heterocycles. The number of benzene rings is 1. The fraction of sp³-hybridized carbons (Fsp3) is 0.241. The van der Waals surface area contributed by atoms with E-state index in [1.807, 2.05) is 37.6 Å². The highest BCUT2D eigenvalue weighted by atomic mass is 16.5. The molecule has 1 aliphatic rings. The first-order valence-electron chi connectivity index (χ1n) is 13.0. The molecular formula is C29H28N8O3. The highest BCUT2D eigenvalue weighted by Gasteiger charge is 2.30. The van der Waals surface area contributed by atoms with Crippen molar-refractivity contribution in [3.8, 4) is 11.6 Å². The van der Waals surface area contributed by atoms with Gasteiger partial charge in [0.15, 0.2) is 5.82 Å². The van der Waals surface area contributed by atoms with E-state index in [9.17, 15) is 9.59 Å². The van der Waals surface area contributed by atoms with E-state index in [-0.39, 0.29) is 5.56 Å². The van der Waals surface area contributed by atoms with Crippen LogP contribution in [-0.2, 0) is 11.8 Å². The van der Waals surface area contributed by atoms with E-state index in [1.165, 1.54) is 29.8 Å². The number of carbonyl (C=O) groups is 2. The molecule has 0 aliphatic carbocycles. The number of hydrogen-bond donors (Lipinski definition) is 1. The minimum Gasteiger partial charge on any atom is -0.494 e. The highest BCUT2D eigenvalue weighted by molar-refractivity contribution is 6.45. The van der Waals surface area contributed by atoms with Crippen LogP contribution < -0.4 is 4.74 Å². The fourth-order valence-electron chi connectivity index (χ4n) is 5.28. The molecule has 1 aromatic carbocycles. The number of amides is 1. The fourth-order valence-corrected chi connectivity index (χ4v) is 5.28. The lowest BCUT2D eigenvalue weighted by molar-refractivity contribution is -0.126. The van der Waals surface area contributed by atoms with E-state index in [2.05, 4.69) is 37.3 Å². The average Bonchev–Trinajstić information content (AvgIpc) is 3.73. The van der Waals surface area contributed by atoms with Crippen molar-refractivity contribution >= 4 is 28.2 Å². The van der Waals surface area contributed by atoms with Crippen molar-refractivity contribution in [2.75, 3.05) is 20.2 Å². The van der Waals surface area contributed by atoms with E-state index in [4.69, 9.17) is 4.74 Å². The zero-order valence-electron chi connectivity index (χ0n) is 22.5. The second-order valence-corrected chi connectivity index (χ2v) is 9.71. The van der Waals surface area contributed by atoms with Gasteiger partial charge in [0.25, 0.3) is 11.7 Å². The van der Waals surface area contributed by atoms with Gasteiger partial charge in [0.05, 0.1) is 36.0 Å². The summed E-state index contributed by atoms with van der Waals surface area (Å²) in [4.78, 5) is 40.3. The van der Waals surface area contributed by atoms with Crippen molar-refractivity contribution < 1.29 is 14.3 Å². The summed E-state index contributed by atoms with van der Waals surface area (Å²) in [5.74, 6) is 0.292. The number of fused-ring (bicyclic) bond motifs is 1. The minimum atomic E-state index is -0.598. The van der Waals surface area contributed by atoms with E-state index in [0.717, 1.165) is 16.7 Å². The predicted molar refractivity (Wildman–Crippen MR) is 148 cm³/mol. The first-order valence-corrected chi connectivity index (χ1v) is 13.0. The van der Waals surface area contributed by atoms with Gasteiger partial charge in [0.2, 0.25) is 0 Å². The Morgan fingerprint density at radius 3 is 2.45 bits per heavy atom. The number of pyridine rings is 1. The van der Waals surface area contributed by atoms with Crippen molar-refractivity contribution in [2.45, 2.75) is 19.8 Å². The van der Waals surface area contributed by atoms with Crippen LogP contribution in [0.2, 0.25) is 0 Å². The molecule has 11 heteroatoms. The Balaban J connectivity index is 1.28. The maximum atomic E-state index is 13.6. The molecule has 40 heavy (non-hydrogen) atoms. The quantitative estimate of drug-likeness (QED) is 0.260. The van der Waals surface area contributed by atoms with Crippen LogP contribution >= 0.6 is 0 Å². The number of methoxy groups -OCH3 is 1. The summed E-state index contributed by atoms with van der Waals surface area (Å²) < 4.78 is 8.82. The monoisotopic (exact) mass is 536 g/mol. The molecule has 5 heterocycles. The molecule has 0 radical (unpaired) electrons. The van der Waals surface area contributed by atoms with Crippen LogP contribution in [0.3, 0.4) is 0 Å². The number of aryl methyl sites for hydroxylation is 2. The number of nitrogens with one attached hydrogen (secondary N) is 1. The van der Waals surface area contributed by atoms with E-state index >= 15 is 0 Å². The van der Waals surface area contributed by atoms with Gasteiger partial charge in [-0.25, -0.2) is 14.6 Å². The average molecular weight is 537 g/mol. The van der Waals surface area contributed by atoms with Crippen LogP contribution in [0.15, 0.2) is 67.0 Å². The summed E-state index contributed by atoms with van der Waals surface area (Å²) in [5, 5.41) is 9.18. The lowest BCUT2D eigenvalue weighted by atomic mass is 9.89. The molecule has 11 nitrogen and oxygen atoms in total. The molecule has 1 aliphatic heterocycles. The van der Waals surface area contributed by atoms with Gasteiger partial charge >= 0.3 is 0 Å².